The smallest absolute Gasteiger partial charge is 0.314 e. The van der Waals surface area contributed by atoms with Gasteiger partial charge in [0, 0.05) is 12.1 Å². The Kier molecular flexibility index (Phi) is 6.27. The molecule has 0 amide bonds. The number of nitrogens with one attached hydrogen (secondary N) is 1. The van der Waals surface area contributed by atoms with Crippen LogP contribution in [0, 0.1) is 0 Å². The van der Waals surface area contributed by atoms with E-state index in [0.717, 1.165) is 25.8 Å². The molecule has 1 aliphatic heterocycles. The molecule has 1 heterocycles. The highest BCUT2D eigenvalue weighted by Crippen LogP contribution is 2.22. The Balaban J connectivity index is 2.62. The Morgan fingerprint density at radius 3 is 2.40 bits per heavy atom. The molecule has 8 heteroatoms. The average molecular weight is 316 g/mol. The molecule has 1 saturated heterocycles. The summed E-state index contributed by atoms with van der Waals surface area (Å²) in [5.41, 5.74) is 0. The van der Waals surface area contributed by atoms with Gasteiger partial charge in [0.2, 0.25) is 10.0 Å². The first kappa shape index (κ1) is 17.7. The summed E-state index contributed by atoms with van der Waals surface area (Å²) in [6.07, 6.45) is -1.16. The van der Waals surface area contributed by atoms with Gasteiger partial charge in [0.15, 0.2) is 0 Å². The summed E-state index contributed by atoms with van der Waals surface area (Å²) in [6.45, 7) is 2.36. The molecule has 0 spiro atoms. The molecule has 0 bridgehead atoms. The molecule has 0 aromatic carbocycles. The molecule has 1 fully saturated rings. The zero-order valence-electron chi connectivity index (χ0n) is 11.9. The largest absolute Gasteiger partial charge is 0.402 e. The van der Waals surface area contributed by atoms with Crippen molar-refractivity contribution in [3.63, 3.8) is 0 Å². The normalized spacial score (nSPS) is 21.6. The molecular formula is C12H23F3N2O2S. The van der Waals surface area contributed by atoms with Crippen LogP contribution in [0.5, 0.6) is 0 Å². The van der Waals surface area contributed by atoms with Gasteiger partial charge in [-0.2, -0.15) is 17.5 Å². The van der Waals surface area contributed by atoms with E-state index in [4.69, 9.17) is 0 Å². The lowest BCUT2D eigenvalue weighted by Crippen LogP contribution is -2.45. The molecule has 1 unspecified atom stereocenters. The first-order chi connectivity index (χ1) is 9.12. The molecule has 1 N–H and O–H groups in total. The summed E-state index contributed by atoms with van der Waals surface area (Å²) in [5.74, 6) is -0.237. The molecule has 120 valence electrons. The van der Waals surface area contributed by atoms with Crippen molar-refractivity contribution in [3.8, 4) is 0 Å². The van der Waals surface area contributed by atoms with E-state index in [0.29, 0.717) is 10.7 Å². The molecule has 1 atom stereocenters. The Bertz CT molecular complexity index is 390. The van der Waals surface area contributed by atoms with Gasteiger partial charge < -0.3 is 5.32 Å². The lowest BCUT2D eigenvalue weighted by Gasteiger charge is -2.28. The van der Waals surface area contributed by atoms with Crippen molar-refractivity contribution < 1.29 is 21.6 Å². The van der Waals surface area contributed by atoms with E-state index in [2.05, 4.69) is 5.32 Å². The van der Waals surface area contributed by atoms with Crippen LogP contribution in [0.25, 0.3) is 0 Å². The van der Waals surface area contributed by atoms with Crippen LogP contribution >= 0.6 is 0 Å². The number of piperidine rings is 1. The summed E-state index contributed by atoms with van der Waals surface area (Å²) in [4.78, 5) is 0. The third-order valence-corrected chi connectivity index (χ3v) is 5.42. The van der Waals surface area contributed by atoms with E-state index in [1.807, 2.05) is 0 Å². The minimum Gasteiger partial charge on any atom is -0.314 e. The van der Waals surface area contributed by atoms with E-state index in [1.54, 1.807) is 0 Å². The SMILES string of the molecule is CC(C)N(CC(F)(F)F)S(=O)(=O)CCC1CCCCN1. The lowest BCUT2D eigenvalue weighted by molar-refractivity contribution is -0.138. The average Bonchev–Trinajstić information content (AvgIpc) is 2.33. The standard InChI is InChI=1S/C12H23F3N2O2S/c1-10(2)17(9-12(13,14)15)20(18,19)8-6-11-5-3-4-7-16-11/h10-11,16H,3-9H2,1-2H3. The number of rotatable bonds is 6. The lowest BCUT2D eigenvalue weighted by atomic mass is 10.0. The summed E-state index contributed by atoms with van der Waals surface area (Å²) in [5, 5.41) is 3.20. The molecule has 20 heavy (non-hydrogen) atoms. The van der Waals surface area contributed by atoms with Gasteiger partial charge in [-0.1, -0.05) is 6.42 Å². The number of alkyl halides is 3. The number of halogens is 3. The highest BCUT2D eigenvalue weighted by molar-refractivity contribution is 7.89. The fraction of sp³-hybridized carbons (Fsp3) is 1.00. The van der Waals surface area contributed by atoms with E-state index in [9.17, 15) is 21.6 Å². The van der Waals surface area contributed by atoms with Gasteiger partial charge in [-0.15, -0.1) is 0 Å². The van der Waals surface area contributed by atoms with Crippen LogP contribution in [0.1, 0.15) is 39.5 Å². The monoisotopic (exact) mass is 316 g/mol. The maximum atomic E-state index is 12.5. The van der Waals surface area contributed by atoms with Crippen molar-refractivity contribution >= 4 is 10.0 Å². The molecule has 0 aromatic rings. The number of nitrogens with zero attached hydrogens (tertiary/aromatic N) is 1. The van der Waals surface area contributed by atoms with Crippen molar-refractivity contribution in [1.29, 1.82) is 0 Å². The second-order valence-electron chi connectivity index (χ2n) is 5.51. The second-order valence-corrected chi connectivity index (χ2v) is 7.55. The number of hydrogen-bond donors (Lipinski definition) is 1. The van der Waals surface area contributed by atoms with E-state index < -0.39 is 28.8 Å². The molecule has 1 rings (SSSR count). The van der Waals surface area contributed by atoms with E-state index >= 15 is 0 Å². The molecule has 1 aliphatic rings. The molecule has 0 aromatic heterocycles. The van der Waals surface area contributed by atoms with Crippen LogP contribution in [0.3, 0.4) is 0 Å². The number of sulfonamides is 1. The quantitative estimate of drug-likeness (QED) is 0.816. The minimum absolute atomic E-state index is 0.0958. The molecule has 0 saturated carbocycles. The number of hydrogen-bond acceptors (Lipinski definition) is 3. The predicted octanol–water partition coefficient (Wildman–Crippen LogP) is 2.12. The first-order valence-corrected chi connectivity index (χ1v) is 8.52. The summed E-state index contributed by atoms with van der Waals surface area (Å²) < 4.78 is 62.2. The van der Waals surface area contributed by atoms with Gasteiger partial charge in [-0.3, -0.25) is 0 Å². The molecule has 0 radical (unpaired) electrons. The first-order valence-electron chi connectivity index (χ1n) is 6.91. The maximum Gasteiger partial charge on any atom is 0.402 e. The van der Waals surface area contributed by atoms with Gasteiger partial charge in [-0.25, -0.2) is 8.42 Å². The van der Waals surface area contributed by atoms with Crippen LogP contribution in [-0.2, 0) is 10.0 Å². The van der Waals surface area contributed by atoms with Crippen LogP contribution in [-0.4, -0.2) is 49.8 Å². The van der Waals surface area contributed by atoms with Crippen LogP contribution < -0.4 is 5.32 Å². The summed E-state index contributed by atoms with van der Waals surface area (Å²) >= 11 is 0. The van der Waals surface area contributed by atoms with Gasteiger partial charge in [0.25, 0.3) is 0 Å². The van der Waals surface area contributed by atoms with Gasteiger partial charge >= 0.3 is 6.18 Å². The highest BCUT2D eigenvalue weighted by Gasteiger charge is 2.37. The van der Waals surface area contributed by atoms with Crippen LogP contribution in [0.2, 0.25) is 0 Å². The summed E-state index contributed by atoms with van der Waals surface area (Å²) in [6, 6.07) is -0.598. The maximum absolute atomic E-state index is 12.5. The van der Waals surface area contributed by atoms with Gasteiger partial charge in [0.1, 0.15) is 6.54 Å². The van der Waals surface area contributed by atoms with Gasteiger partial charge in [0.05, 0.1) is 5.75 Å². The summed E-state index contributed by atoms with van der Waals surface area (Å²) in [7, 11) is -3.88. The van der Waals surface area contributed by atoms with Crippen LogP contribution in [0.4, 0.5) is 13.2 Å². The molecule has 0 aliphatic carbocycles. The molecule has 4 nitrogen and oxygen atoms in total. The third-order valence-electron chi connectivity index (χ3n) is 3.41. The van der Waals surface area contributed by atoms with E-state index in [-0.39, 0.29) is 11.8 Å². The van der Waals surface area contributed by atoms with Gasteiger partial charge in [-0.05, 0) is 39.7 Å². The Morgan fingerprint density at radius 1 is 1.30 bits per heavy atom. The fourth-order valence-electron chi connectivity index (χ4n) is 2.36. The topological polar surface area (TPSA) is 49.4 Å². The fourth-order valence-corrected chi connectivity index (χ4v) is 4.16. The van der Waals surface area contributed by atoms with Crippen molar-refractivity contribution in [1.82, 2.24) is 9.62 Å². The van der Waals surface area contributed by atoms with Crippen LogP contribution in [0.15, 0.2) is 0 Å². The highest BCUT2D eigenvalue weighted by atomic mass is 32.2. The molecular weight excluding hydrogens is 293 g/mol. The van der Waals surface area contributed by atoms with Crippen molar-refractivity contribution in [2.24, 2.45) is 0 Å². The van der Waals surface area contributed by atoms with Crippen molar-refractivity contribution in [3.05, 3.63) is 0 Å². The van der Waals surface area contributed by atoms with Crippen molar-refractivity contribution in [2.75, 3.05) is 18.8 Å². The minimum atomic E-state index is -4.51. The van der Waals surface area contributed by atoms with E-state index in [1.165, 1.54) is 13.8 Å². The predicted molar refractivity (Wildman–Crippen MR) is 71.9 cm³/mol. The Hall–Kier alpha value is -0.340. The third kappa shape index (κ3) is 5.97. The van der Waals surface area contributed by atoms with Crippen molar-refractivity contribution in [2.45, 2.75) is 57.8 Å². The second kappa shape index (κ2) is 7.09. The Morgan fingerprint density at radius 2 is 1.95 bits per heavy atom. The zero-order valence-corrected chi connectivity index (χ0v) is 12.7. The zero-order chi connectivity index (χ0) is 15.4. The Labute approximate surface area is 118 Å².